The van der Waals surface area contributed by atoms with Gasteiger partial charge in [-0.15, -0.1) is 0 Å². The van der Waals surface area contributed by atoms with Gasteiger partial charge in [-0.05, 0) is 20.3 Å². The maximum atomic E-state index is 5.36. The third kappa shape index (κ3) is 5.65. The number of hydrazine groups is 1. The first kappa shape index (κ1) is 14.5. The van der Waals surface area contributed by atoms with E-state index in [-0.39, 0.29) is 0 Å². The number of ether oxygens (including phenoxy) is 1. The van der Waals surface area contributed by atoms with Crippen molar-refractivity contribution in [3.05, 3.63) is 17.5 Å². The average molecular weight is 255 g/mol. The van der Waals surface area contributed by atoms with E-state index in [1.165, 1.54) is 0 Å². The maximum Gasteiger partial charge on any atom is 0.206 e. The Bertz CT molecular complexity index is 364. The number of aryl methyl sites for hydroxylation is 1. The summed E-state index contributed by atoms with van der Waals surface area (Å²) in [5.74, 6) is 6.60. The summed E-state index contributed by atoms with van der Waals surface area (Å²) in [5.41, 5.74) is 3.35. The second-order valence-electron chi connectivity index (χ2n) is 3.72. The van der Waals surface area contributed by atoms with Gasteiger partial charge < -0.3 is 14.6 Å². The van der Waals surface area contributed by atoms with Gasteiger partial charge in [-0.2, -0.15) is 0 Å². The SMILES string of the molecule is CCOCCCNC(=NCc1cc(C)no1)NN. The summed E-state index contributed by atoms with van der Waals surface area (Å²) >= 11 is 0. The molecule has 0 bridgehead atoms. The van der Waals surface area contributed by atoms with Crippen molar-refractivity contribution in [2.24, 2.45) is 10.8 Å². The third-order valence-electron chi connectivity index (χ3n) is 2.17. The van der Waals surface area contributed by atoms with Gasteiger partial charge in [0.2, 0.25) is 5.96 Å². The van der Waals surface area contributed by atoms with Gasteiger partial charge in [0.05, 0.1) is 5.69 Å². The van der Waals surface area contributed by atoms with Crippen LogP contribution in [0.1, 0.15) is 24.8 Å². The van der Waals surface area contributed by atoms with Crippen LogP contribution in [0, 0.1) is 6.92 Å². The Hall–Kier alpha value is -1.60. The molecule has 0 amide bonds. The molecule has 0 unspecified atom stereocenters. The highest BCUT2D eigenvalue weighted by atomic mass is 16.5. The Kier molecular flexibility index (Phi) is 6.82. The Morgan fingerprint density at radius 2 is 2.44 bits per heavy atom. The van der Waals surface area contributed by atoms with Crippen LogP contribution in [0.25, 0.3) is 0 Å². The fraction of sp³-hybridized carbons (Fsp3) is 0.636. The van der Waals surface area contributed by atoms with Crippen molar-refractivity contribution in [2.45, 2.75) is 26.8 Å². The molecule has 7 nitrogen and oxygen atoms in total. The van der Waals surface area contributed by atoms with Crippen molar-refractivity contribution in [1.29, 1.82) is 0 Å². The Morgan fingerprint density at radius 1 is 1.61 bits per heavy atom. The summed E-state index contributed by atoms with van der Waals surface area (Å²) in [6.07, 6.45) is 0.899. The number of hydrogen-bond acceptors (Lipinski definition) is 5. The zero-order valence-corrected chi connectivity index (χ0v) is 10.9. The van der Waals surface area contributed by atoms with E-state index in [1.807, 2.05) is 19.9 Å². The van der Waals surface area contributed by atoms with Gasteiger partial charge >= 0.3 is 0 Å². The van der Waals surface area contributed by atoms with E-state index in [4.69, 9.17) is 15.1 Å². The molecule has 0 radical (unpaired) electrons. The van der Waals surface area contributed by atoms with E-state index >= 15 is 0 Å². The van der Waals surface area contributed by atoms with Crippen LogP contribution in [0.15, 0.2) is 15.6 Å². The van der Waals surface area contributed by atoms with Gasteiger partial charge in [0.25, 0.3) is 0 Å². The van der Waals surface area contributed by atoms with Crippen LogP contribution in [0.2, 0.25) is 0 Å². The molecule has 1 aromatic rings. The van der Waals surface area contributed by atoms with Crippen LogP contribution in [0.5, 0.6) is 0 Å². The quantitative estimate of drug-likeness (QED) is 0.213. The van der Waals surface area contributed by atoms with Crippen LogP contribution < -0.4 is 16.6 Å². The van der Waals surface area contributed by atoms with Crippen LogP contribution in [-0.2, 0) is 11.3 Å². The van der Waals surface area contributed by atoms with Crippen LogP contribution >= 0.6 is 0 Å². The first-order chi connectivity index (χ1) is 8.76. The van der Waals surface area contributed by atoms with Gasteiger partial charge in [-0.1, -0.05) is 5.16 Å². The fourth-order valence-electron chi connectivity index (χ4n) is 1.33. The molecule has 0 aliphatic rings. The molecule has 4 N–H and O–H groups in total. The van der Waals surface area contributed by atoms with Crippen molar-refractivity contribution in [3.63, 3.8) is 0 Å². The molecule has 0 saturated heterocycles. The van der Waals surface area contributed by atoms with Gasteiger partial charge in [0.1, 0.15) is 6.54 Å². The molecule has 0 saturated carbocycles. The molecule has 0 spiro atoms. The zero-order valence-electron chi connectivity index (χ0n) is 10.9. The van der Waals surface area contributed by atoms with Crippen molar-refractivity contribution in [1.82, 2.24) is 15.9 Å². The van der Waals surface area contributed by atoms with E-state index in [0.717, 1.165) is 31.9 Å². The third-order valence-corrected chi connectivity index (χ3v) is 2.17. The Morgan fingerprint density at radius 3 is 3.06 bits per heavy atom. The summed E-state index contributed by atoms with van der Waals surface area (Å²) in [6.45, 7) is 6.45. The van der Waals surface area contributed by atoms with E-state index in [1.54, 1.807) is 0 Å². The lowest BCUT2D eigenvalue weighted by Gasteiger charge is -2.08. The molecule has 1 heterocycles. The van der Waals surface area contributed by atoms with Crippen LogP contribution in [0.4, 0.5) is 0 Å². The van der Waals surface area contributed by atoms with Gasteiger partial charge in [-0.3, -0.25) is 5.43 Å². The number of nitrogens with zero attached hydrogens (tertiary/aromatic N) is 2. The first-order valence-corrected chi connectivity index (χ1v) is 6.01. The molecule has 0 aliphatic heterocycles. The molecule has 0 fully saturated rings. The van der Waals surface area contributed by atoms with Crippen molar-refractivity contribution in [3.8, 4) is 0 Å². The van der Waals surface area contributed by atoms with Crippen molar-refractivity contribution in [2.75, 3.05) is 19.8 Å². The smallest absolute Gasteiger partial charge is 0.206 e. The number of hydrogen-bond donors (Lipinski definition) is 3. The number of guanidine groups is 1. The van der Waals surface area contributed by atoms with Crippen LogP contribution in [0.3, 0.4) is 0 Å². The average Bonchev–Trinajstić information content (AvgIpc) is 2.78. The molecule has 0 aliphatic carbocycles. The lowest BCUT2D eigenvalue weighted by molar-refractivity contribution is 0.145. The monoisotopic (exact) mass is 255 g/mol. The fourth-order valence-corrected chi connectivity index (χ4v) is 1.33. The minimum atomic E-state index is 0.402. The number of nitrogens with one attached hydrogen (secondary N) is 2. The summed E-state index contributed by atoms with van der Waals surface area (Å²) in [7, 11) is 0. The molecule has 18 heavy (non-hydrogen) atoms. The normalized spacial score (nSPS) is 11.6. The van der Waals surface area contributed by atoms with Crippen LogP contribution in [-0.4, -0.2) is 30.9 Å². The predicted molar refractivity (Wildman–Crippen MR) is 68.8 cm³/mol. The van der Waals surface area contributed by atoms with E-state index in [2.05, 4.69) is 20.9 Å². The van der Waals surface area contributed by atoms with Gasteiger partial charge in [0, 0.05) is 25.8 Å². The lowest BCUT2D eigenvalue weighted by Crippen LogP contribution is -2.42. The van der Waals surface area contributed by atoms with Gasteiger partial charge in [0.15, 0.2) is 5.76 Å². The second-order valence-corrected chi connectivity index (χ2v) is 3.72. The minimum absolute atomic E-state index is 0.402. The molecule has 0 aromatic carbocycles. The molecule has 1 aromatic heterocycles. The minimum Gasteiger partial charge on any atom is -0.382 e. The topological polar surface area (TPSA) is 97.7 Å². The second kappa shape index (κ2) is 8.48. The first-order valence-electron chi connectivity index (χ1n) is 6.01. The highest BCUT2D eigenvalue weighted by Crippen LogP contribution is 2.02. The highest BCUT2D eigenvalue weighted by Gasteiger charge is 2.00. The molecule has 0 atom stereocenters. The number of rotatable bonds is 7. The molecule has 7 heteroatoms. The summed E-state index contributed by atoms with van der Waals surface area (Å²) in [4.78, 5) is 4.24. The standard InChI is InChI=1S/C11H21N5O2/c1-3-17-6-4-5-13-11(15-12)14-8-10-7-9(2)16-18-10/h7H,3-6,8,12H2,1-2H3,(H2,13,14,15). The molecule has 1 rings (SSSR count). The number of nitrogens with two attached hydrogens (primary N) is 1. The van der Waals surface area contributed by atoms with E-state index < -0.39 is 0 Å². The molecule has 102 valence electrons. The zero-order chi connectivity index (χ0) is 13.2. The number of aliphatic imine (C=N–C) groups is 1. The summed E-state index contributed by atoms with van der Waals surface area (Å²) in [5, 5.41) is 6.86. The summed E-state index contributed by atoms with van der Waals surface area (Å²) < 4.78 is 10.3. The summed E-state index contributed by atoms with van der Waals surface area (Å²) in [6, 6.07) is 1.84. The number of aromatic nitrogens is 1. The maximum absolute atomic E-state index is 5.36. The van der Waals surface area contributed by atoms with Gasteiger partial charge in [-0.25, -0.2) is 10.8 Å². The van der Waals surface area contributed by atoms with E-state index in [9.17, 15) is 0 Å². The Labute approximate surface area is 107 Å². The lowest BCUT2D eigenvalue weighted by atomic mass is 10.4. The molecular weight excluding hydrogens is 234 g/mol. The largest absolute Gasteiger partial charge is 0.382 e. The predicted octanol–water partition coefficient (Wildman–Crippen LogP) is 0.319. The highest BCUT2D eigenvalue weighted by molar-refractivity contribution is 5.79. The van der Waals surface area contributed by atoms with Crippen molar-refractivity contribution >= 4 is 5.96 Å². The van der Waals surface area contributed by atoms with Crippen molar-refractivity contribution < 1.29 is 9.26 Å². The van der Waals surface area contributed by atoms with E-state index in [0.29, 0.717) is 18.3 Å². The molecular formula is C11H21N5O2. The Balaban J connectivity index is 2.27.